The number of carbonyl (C=O) groups excluding carboxylic acids is 2. The van der Waals surface area contributed by atoms with E-state index < -0.39 is 0 Å². The van der Waals surface area contributed by atoms with Crippen LogP contribution in [0.15, 0.2) is 60.7 Å². The molecule has 0 saturated carbocycles. The zero-order valence-electron chi connectivity index (χ0n) is 15.7. The Hall–Kier alpha value is -2.66. The molecule has 0 spiro atoms. The van der Waals surface area contributed by atoms with Gasteiger partial charge in [0.1, 0.15) is 0 Å². The molecule has 1 aliphatic heterocycles. The highest BCUT2D eigenvalue weighted by Crippen LogP contribution is 2.19. The molecule has 2 atom stereocenters. The third-order valence-electron chi connectivity index (χ3n) is 4.96. The second-order valence-electron chi connectivity index (χ2n) is 7.13. The van der Waals surface area contributed by atoms with Gasteiger partial charge in [0.15, 0.2) is 0 Å². The number of nitrogens with zero attached hydrogens (tertiary/aromatic N) is 1. The van der Waals surface area contributed by atoms with E-state index in [1.54, 1.807) is 0 Å². The topological polar surface area (TPSA) is 61.4 Å². The Balaban J connectivity index is 1.49. The number of anilines is 1. The van der Waals surface area contributed by atoms with Gasteiger partial charge in [-0.3, -0.25) is 14.5 Å². The molecule has 5 heteroatoms. The zero-order valence-corrected chi connectivity index (χ0v) is 15.7. The van der Waals surface area contributed by atoms with Crippen molar-refractivity contribution in [2.24, 2.45) is 5.92 Å². The van der Waals surface area contributed by atoms with Gasteiger partial charge in [0, 0.05) is 12.2 Å². The predicted octanol–water partition coefficient (Wildman–Crippen LogP) is 3.21. The molecule has 27 heavy (non-hydrogen) atoms. The SMILES string of the molecule is CC(NC(=O)CN1CCCC(C(=O)Nc2ccccc2)C1)c1ccccc1. The molecule has 2 N–H and O–H groups in total. The fourth-order valence-electron chi connectivity index (χ4n) is 3.49. The predicted molar refractivity (Wildman–Crippen MR) is 107 cm³/mol. The standard InChI is InChI=1S/C22H27N3O2/c1-17(18-9-4-2-5-10-18)23-21(26)16-25-14-8-11-19(15-25)22(27)24-20-12-6-3-7-13-20/h2-7,9-10,12-13,17,19H,8,11,14-16H2,1H3,(H,23,26)(H,24,27). The van der Waals surface area contributed by atoms with Crippen LogP contribution < -0.4 is 10.6 Å². The minimum absolute atomic E-state index is 0.00419. The molecule has 1 fully saturated rings. The zero-order chi connectivity index (χ0) is 19.1. The van der Waals surface area contributed by atoms with Crippen LogP contribution >= 0.6 is 0 Å². The van der Waals surface area contributed by atoms with Gasteiger partial charge in [0.05, 0.1) is 18.5 Å². The average Bonchev–Trinajstić information content (AvgIpc) is 2.69. The lowest BCUT2D eigenvalue weighted by atomic mass is 9.97. The molecule has 2 aromatic carbocycles. The maximum Gasteiger partial charge on any atom is 0.234 e. The summed E-state index contributed by atoms with van der Waals surface area (Å²) >= 11 is 0. The number of carbonyl (C=O) groups is 2. The number of benzene rings is 2. The molecule has 2 unspecified atom stereocenters. The van der Waals surface area contributed by atoms with E-state index in [-0.39, 0.29) is 23.8 Å². The summed E-state index contributed by atoms with van der Waals surface area (Å²) < 4.78 is 0. The molecule has 142 valence electrons. The van der Waals surface area contributed by atoms with Gasteiger partial charge in [-0.1, -0.05) is 48.5 Å². The highest BCUT2D eigenvalue weighted by Gasteiger charge is 2.27. The Kier molecular flexibility index (Phi) is 6.60. The first-order valence-electron chi connectivity index (χ1n) is 9.54. The Labute approximate surface area is 160 Å². The molecule has 2 amide bonds. The van der Waals surface area contributed by atoms with Crippen LogP contribution in [-0.4, -0.2) is 36.3 Å². The molecule has 2 aromatic rings. The lowest BCUT2D eigenvalue weighted by molar-refractivity contribution is -0.126. The molecule has 5 nitrogen and oxygen atoms in total. The lowest BCUT2D eigenvalue weighted by Gasteiger charge is -2.31. The third kappa shape index (κ3) is 5.66. The Bertz CT molecular complexity index is 749. The summed E-state index contributed by atoms with van der Waals surface area (Å²) in [6, 6.07) is 19.4. The van der Waals surface area contributed by atoms with Crippen molar-refractivity contribution < 1.29 is 9.59 Å². The molecule has 0 radical (unpaired) electrons. The van der Waals surface area contributed by atoms with Crippen molar-refractivity contribution in [2.45, 2.75) is 25.8 Å². The van der Waals surface area contributed by atoms with Crippen molar-refractivity contribution in [3.63, 3.8) is 0 Å². The van der Waals surface area contributed by atoms with Crippen LogP contribution in [0.2, 0.25) is 0 Å². The summed E-state index contributed by atoms with van der Waals surface area (Å²) in [5.41, 5.74) is 1.90. The molecular formula is C22H27N3O2. The van der Waals surface area contributed by atoms with E-state index in [1.807, 2.05) is 67.6 Å². The van der Waals surface area contributed by atoms with Crippen molar-refractivity contribution in [3.05, 3.63) is 66.2 Å². The van der Waals surface area contributed by atoms with Crippen LogP contribution in [0.25, 0.3) is 0 Å². The maximum absolute atomic E-state index is 12.5. The number of para-hydroxylation sites is 1. The van der Waals surface area contributed by atoms with Crippen molar-refractivity contribution in [1.29, 1.82) is 0 Å². The number of hydrogen-bond acceptors (Lipinski definition) is 3. The molecule has 1 heterocycles. The van der Waals surface area contributed by atoms with E-state index in [0.29, 0.717) is 13.1 Å². The van der Waals surface area contributed by atoms with E-state index in [2.05, 4.69) is 15.5 Å². The number of hydrogen-bond donors (Lipinski definition) is 2. The van der Waals surface area contributed by atoms with Crippen molar-refractivity contribution >= 4 is 17.5 Å². The van der Waals surface area contributed by atoms with Crippen LogP contribution in [0, 0.1) is 5.92 Å². The Morgan fingerprint density at radius 3 is 2.44 bits per heavy atom. The molecule has 3 rings (SSSR count). The number of nitrogens with one attached hydrogen (secondary N) is 2. The van der Waals surface area contributed by atoms with E-state index in [0.717, 1.165) is 30.6 Å². The quantitative estimate of drug-likeness (QED) is 0.826. The van der Waals surface area contributed by atoms with Crippen LogP contribution in [0.5, 0.6) is 0 Å². The highest BCUT2D eigenvalue weighted by atomic mass is 16.2. The summed E-state index contributed by atoms with van der Waals surface area (Å²) in [6.07, 6.45) is 1.78. The normalized spacial score (nSPS) is 18.5. The third-order valence-corrected chi connectivity index (χ3v) is 4.96. The van der Waals surface area contributed by atoms with Gasteiger partial charge in [-0.05, 0) is 44.0 Å². The van der Waals surface area contributed by atoms with Gasteiger partial charge in [-0.2, -0.15) is 0 Å². The second kappa shape index (κ2) is 9.33. The van der Waals surface area contributed by atoms with Crippen LogP contribution in [0.3, 0.4) is 0 Å². The minimum atomic E-state index is -0.0849. The molecule has 1 aliphatic rings. The fourth-order valence-corrected chi connectivity index (χ4v) is 3.49. The van der Waals surface area contributed by atoms with E-state index >= 15 is 0 Å². The van der Waals surface area contributed by atoms with E-state index in [4.69, 9.17) is 0 Å². The summed E-state index contributed by atoms with van der Waals surface area (Å²) in [5, 5.41) is 6.02. The number of likely N-dealkylation sites (tertiary alicyclic amines) is 1. The maximum atomic E-state index is 12.5. The average molecular weight is 365 g/mol. The van der Waals surface area contributed by atoms with Gasteiger partial charge in [-0.15, -0.1) is 0 Å². The minimum Gasteiger partial charge on any atom is -0.348 e. The molecular weight excluding hydrogens is 338 g/mol. The van der Waals surface area contributed by atoms with E-state index in [9.17, 15) is 9.59 Å². The summed E-state index contributed by atoms with van der Waals surface area (Å²) in [5.74, 6) is -0.0577. The Morgan fingerprint density at radius 1 is 1.07 bits per heavy atom. The van der Waals surface area contributed by atoms with Gasteiger partial charge < -0.3 is 10.6 Å². The van der Waals surface area contributed by atoms with Crippen molar-refractivity contribution in [2.75, 3.05) is 25.0 Å². The number of piperidine rings is 1. The molecule has 0 aliphatic carbocycles. The van der Waals surface area contributed by atoms with Crippen molar-refractivity contribution in [1.82, 2.24) is 10.2 Å². The summed E-state index contributed by atoms with van der Waals surface area (Å²) in [6.45, 7) is 3.78. The van der Waals surface area contributed by atoms with Crippen LogP contribution in [-0.2, 0) is 9.59 Å². The van der Waals surface area contributed by atoms with E-state index in [1.165, 1.54) is 0 Å². The summed E-state index contributed by atoms with van der Waals surface area (Å²) in [7, 11) is 0. The van der Waals surface area contributed by atoms with Gasteiger partial charge in [-0.25, -0.2) is 0 Å². The molecule has 0 bridgehead atoms. The van der Waals surface area contributed by atoms with Crippen molar-refractivity contribution in [3.8, 4) is 0 Å². The lowest BCUT2D eigenvalue weighted by Crippen LogP contribution is -2.45. The highest BCUT2D eigenvalue weighted by molar-refractivity contribution is 5.92. The fraction of sp³-hybridized carbons (Fsp3) is 0.364. The summed E-state index contributed by atoms with van der Waals surface area (Å²) in [4.78, 5) is 27.0. The molecule has 1 saturated heterocycles. The Morgan fingerprint density at radius 2 is 1.74 bits per heavy atom. The first kappa shape index (κ1) is 19.1. The first-order chi connectivity index (χ1) is 13.1. The number of rotatable bonds is 6. The number of amides is 2. The van der Waals surface area contributed by atoms with Crippen LogP contribution in [0.4, 0.5) is 5.69 Å². The smallest absolute Gasteiger partial charge is 0.234 e. The van der Waals surface area contributed by atoms with Gasteiger partial charge in [0.25, 0.3) is 0 Å². The monoisotopic (exact) mass is 365 g/mol. The van der Waals surface area contributed by atoms with Gasteiger partial charge in [0.2, 0.25) is 11.8 Å². The first-order valence-corrected chi connectivity index (χ1v) is 9.54. The van der Waals surface area contributed by atoms with Crippen LogP contribution in [0.1, 0.15) is 31.4 Å². The van der Waals surface area contributed by atoms with Gasteiger partial charge >= 0.3 is 0 Å². The largest absolute Gasteiger partial charge is 0.348 e. The second-order valence-corrected chi connectivity index (χ2v) is 7.13. The molecule has 0 aromatic heterocycles.